The molecule has 0 spiro atoms. The maximum Gasteiger partial charge on any atom is -0.0132 e. The molecule has 0 aromatic heterocycles. The summed E-state index contributed by atoms with van der Waals surface area (Å²) in [7, 11) is 0. The highest BCUT2D eigenvalue weighted by Crippen LogP contribution is 2.28. The van der Waals surface area contributed by atoms with Crippen LogP contribution >= 0.6 is 0 Å². The van der Waals surface area contributed by atoms with Gasteiger partial charge in [0.25, 0.3) is 0 Å². The molecule has 0 aromatic rings. The van der Waals surface area contributed by atoms with Crippen molar-refractivity contribution in [3.63, 3.8) is 0 Å². The van der Waals surface area contributed by atoms with Crippen LogP contribution in [0.2, 0.25) is 0 Å². The Morgan fingerprint density at radius 3 is 1.62 bits per heavy atom. The molecule has 0 unspecified atom stereocenters. The van der Waals surface area contributed by atoms with Crippen LogP contribution in [0.4, 0.5) is 0 Å². The first-order valence-corrected chi connectivity index (χ1v) is 6.19. The minimum Gasteiger partial charge on any atom is -0.0991 e. The minimum atomic E-state index is 0.190. The van der Waals surface area contributed by atoms with Crippen molar-refractivity contribution >= 4 is 0 Å². The smallest absolute Gasteiger partial charge is 0.0132 e. The fourth-order valence-corrected chi connectivity index (χ4v) is 1.02. The van der Waals surface area contributed by atoms with Crippen molar-refractivity contribution in [1.29, 1.82) is 0 Å². The van der Waals surface area contributed by atoms with E-state index in [2.05, 4.69) is 66.3 Å². The van der Waals surface area contributed by atoms with Crippen LogP contribution in [0.3, 0.4) is 0 Å². The average molecular weight is 222 g/mol. The highest BCUT2D eigenvalue weighted by molar-refractivity contribution is 5.28. The molecular weight excluding hydrogens is 192 g/mol. The Hall–Kier alpha value is -0.780. The fourth-order valence-electron chi connectivity index (χ4n) is 1.02. The molecule has 0 aliphatic carbocycles. The lowest BCUT2D eigenvalue weighted by atomic mass is 9.84. The van der Waals surface area contributed by atoms with Gasteiger partial charge in [0.2, 0.25) is 0 Å². The third-order valence-corrected chi connectivity index (χ3v) is 1.93. The molecular formula is C16H30. The van der Waals surface area contributed by atoms with Gasteiger partial charge in [-0.05, 0) is 16.4 Å². The van der Waals surface area contributed by atoms with E-state index in [-0.39, 0.29) is 10.8 Å². The minimum absolute atomic E-state index is 0.190. The second-order valence-electron chi connectivity index (χ2n) is 5.81. The van der Waals surface area contributed by atoms with E-state index in [1.54, 1.807) is 0 Å². The van der Waals surface area contributed by atoms with Crippen molar-refractivity contribution in [2.45, 2.75) is 55.4 Å². The van der Waals surface area contributed by atoms with E-state index in [4.69, 9.17) is 0 Å². The first-order valence-electron chi connectivity index (χ1n) is 6.19. The molecule has 0 radical (unpaired) electrons. The Balaban J connectivity index is 0. The van der Waals surface area contributed by atoms with E-state index >= 15 is 0 Å². The van der Waals surface area contributed by atoms with Gasteiger partial charge in [-0.3, -0.25) is 0 Å². The Bertz CT molecular complexity index is 238. The van der Waals surface area contributed by atoms with Gasteiger partial charge in [-0.15, -0.1) is 0 Å². The maximum absolute atomic E-state index is 3.75. The van der Waals surface area contributed by atoms with Crippen LogP contribution in [0.1, 0.15) is 55.4 Å². The maximum atomic E-state index is 3.75. The normalized spacial score (nSPS) is 13.4. The lowest BCUT2D eigenvalue weighted by Gasteiger charge is -2.21. The molecule has 0 saturated heterocycles. The van der Waals surface area contributed by atoms with Crippen LogP contribution in [-0.4, -0.2) is 0 Å². The zero-order valence-corrected chi connectivity index (χ0v) is 12.5. The molecule has 0 aliphatic heterocycles. The predicted molar refractivity (Wildman–Crippen MR) is 77.7 cm³/mol. The lowest BCUT2D eigenvalue weighted by Crippen LogP contribution is -2.08. The summed E-state index contributed by atoms with van der Waals surface area (Å²) in [6.07, 6.45) is 8.39. The summed E-state index contributed by atoms with van der Waals surface area (Å²) in [4.78, 5) is 0. The monoisotopic (exact) mass is 222 g/mol. The molecule has 0 nitrogen and oxygen atoms in total. The quantitative estimate of drug-likeness (QED) is 0.520. The number of hydrogen-bond acceptors (Lipinski definition) is 0. The Morgan fingerprint density at radius 2 is 1.38 bits per heavy atom. The van der Waals surface area contributed by atoms with Gasteiger partial charge in [-0.25, -0.2) is 0 Å². The molecule has 0 bridgehead atoms. The van der Waals surface area contributed by atoms with Crippen molar-refractivity contribution in [3.8, 4) is 0 Å². The zero-order chi connectivity index (χ0) is 13.4. The number of hydrogen-bond donors (Lipinski definition) is 0. The molecule has 0 heteroatoms. The number of allylic oxidation sites excluding steroid dienone is 5. The van der Waals surface area contributed by atoms with E-state index in [9.17, 15) is 0 Å². The van der Waals surface area contributed by atoms with E-state index < -0.39 is 0 Å². The topological polar surface area (TPSA) is 0 Å². The van der Waals surface area contributed by atoms with Gasteiger partial charge in [-0.1, -0.05) is 86.3 Å². The van der Waals surface area contributed by atoms with Crippen LogP contribution < -0.4 is 0 Å². The van der Waals surface area contributed by atoms with E-state index in [0.717, 1.165) is 0 Å². The largest absolute Gasteiger partial charge is 0.0991 e. The van der Waals surface area contributed by atoms with Crippen molar-refractivity contribution in [2.75, 3.05) is 0 Å². The van der Waals surface area contributed by atoms with Crippen LogP contribution in [0, 0.1) is 10.8 Å². The first kappa shape index (κ1) is 17.6. The summed E-state index contributed by atoms with van der Waals surface area (Å²) in [5, 5.41) is 0. The summed E-state index contributed by atoms with van der Waals surface area (Å²) in [5.74, 6) is 0. The lowest BCUT2D eigenvalue weighted by molar-refractivity contribution is 0.509. The van der Waals surface area contributed by atoms with Crippen molar-refractivity contribution in [1.82, 2.24) is 0 Å². The summed E-state index contributed by atoms with van der Waals surface area (Å²) in [5.41, 5.74) is 1.75. The van der Waals surface area contributed by atoms with Gasteiger partial charge < -0.3 is 0 Å². The van der Waals surface area contributed by atoms with Crippen LogP contribution in [0.5, 0.6) is 0 Å². The summed E-state index contributed by atoms with van der Waals surface area (Å²) in [6, 6.07) is 0. The number of rotatable bonds is 2. The fraction of sp³-hybridized carbons (Fsp3) is 0.625. The predicted octanol–water partition coefficient (Wildman–Crippen LogP) is 5.77. The standard InChI is InChI=1S/C14H24.C2H6/c1-8-9-12(14(5,6)7)10-11-13(2,3)4;1-2/h8-11H,1H2,2-7H3;1-2H3/b11-10-,12-9+;. The molecule has 0 atom stereocenters. The van der Waals surface area contributed by atoms with Crippen LogP contribution in [0.15, 0.2) is 36.5 Å². The van der Waals surface area contributed by atoms with Gasteiger partial charge >= 0.3 is 0 Å². The van der Waals surface area contributed by atoms with E-state index in [1.165, 1.54) is 5.57 Å². The highest BCUT2D eigenvalue weighted by Gasteiger charge is 2.14. The van der Waals surface area contributed by atoms with Crippen molar-refractivity contribution < 1.29 is 0 Å². The van der Waals surface area contributed by atoms with Crippen molar-refractivity contribution in [3.05, 3.63) is 36.5 Å². The van der Waals surface area contributed by atoms with Gasteiger partial charge in [0, 0.05) is 0 Å². The second kappa shape index (κ2) is 7.49. The van der Waals surface area contributed by atoms with Gasteiger partial charge in [-0.2, -0.15) is 0 Å². The SMILES string of the molecule is C=C/C=C(\C=C/C(C)(C)C)C(C)(C)C.CC. The molecule has 0 aliphatic rings. The van der Waals surface area contributed by atoms with Gasteiger partial charge in [0.05, 0.1) is 0 Å². The molecule has 16 heavy (non-hydrogen) atoms. The molecule has 0 N–H and O–H groups in total. The first-order chi connectivity index (χ1) is 7.17. The third-order valence-electron chi connectivity index (χ3n) is 1.93. The Labute approximate surface area is 103 Å². The van der Waals surface area contributed by atoms with Gasteiger partial charge in [0.1, 0.15) is 0 Å². The van der Waals surface area contributed by atoms with E-state index in [1.807, 2.05) is 19.9 Å². The summed E-state index contributed by atoms with van der Waals surface area (Å²) >= 11 is 0. The van der Waals surface area contributed by atoms with Crippen molar-refractivity contribution in [2.24, 2.45) is 10.8 Å². The molecule has 0 heterocycles. The van der Waals surface area contributed by atoms with E-state index in [0.29, 0.717) is 0 Å². The molecule has 0 saturated carbocycles. The third kappa shape index (κ3) is 9.76. The molecule has 94 valence electrons. The zero-order valence-electron chi connectivity index (χ0n) is 12.5. The molecule has 0 amide bonds. The van der Waals surface area contributed by atoms with Crippen LogP contribution in [0.25, 0.3) is 0 Å². The molecule has 0 aromatic carbocycles. The average Bonchev–Trinajstić information content (AvgIpc) is 2.12. The second-order valence-corrected chi connectivity index (χ2v) is 5.81. The summed E-state index contributed by atoms with van der Waals surface area (Å²) < 4.78 is 0. The molecule has 0 rings (SSSR count). The van der Waals surface area contributed by atoms with Gasteiger partial charge in [0.15, 0.2) is 0 Å². The highest BCUT2D eigenvalue weighted by atomic mass is 14.2. The Morgan fingerprint density at radius 1 is 0.938 bits per heavy atom. The summed E-state index contributed by atoms with van der Waals surface area (Å²) in [6.45, 7) is 21.0. The Kier molecular flexibility index (Phi) is 8.24. The molecule has 0 fully saturated rings. The van der Waals surface area contributed by atoms with Crippen LogP contribution in [-0.2, 0) is 0 Å².